The summed E-state index contributed by atoms with van der Waals surface area (Å²) in [6.07, 6.45) is 0. The SMILES string of the molecule is Cc1nn(C)c2c1nc(C(C)Cl)n2-c1ccc(F)cc1. The van der Waals surface area contributed by atoms with Crippen LogP contribution in [0.1, 0.15) is 23.8 Å². The van der Waals surface area contributed by atoms with Crippen molar-refractivity contribution >= 4 is 22.8 Å². The molecule has 0 saturated carbocycles. The molecule has 1 unspecified atom stereocenters. The predicted molar refractivity (Wildman–Crippen MR) is 76.8 cm³/mol. The molecule has 4 nitrogen and oxygen atoms in total. The number of aryl methyl sites for hydroxylation is 2. The van der Waals surface area contributed by atoms with E-state index in [1.807, 2.05) is 25.5 Å². The minimum atomic E-state index is -0.272. The van der Waals surface area contributed by atoms with Crippen molar-refractivity contribution in [2.45, 2.75) is 19.2 Å². The summed E-state index contributed by atoms with van der Waals surface area (Å²) in [6, 6.07) is 6.27. The largest absolute Gasteiger partial charge is 0.280 e. The molecule has 0 aliphatic heterocycles. The molecule has 0 spiro atoms. The van der Waals surface area contributed by atoms with E-state index in [1.165, 1.54) is 12.1 Å². The molecule has 0 amide bonds. The fourth-order valence-electron chi connectivity index (χ4n) is 2.40. The van der Waals surface area contributed by atoms with Crippen LogP contribution in [-0.4, -0.2) is 19.3 Å². The van der Waals surface area contributed by atoms with Crippen molar-refractivity contribution in [1.82, 2.24) is 19.3 Å². The molecule has 0 N–H and O–H groups in total. The Balaban J connectivity index is 2.36. The first-order chi connectivity index (χ1) is 9.49. The number of aromatic nitrogens is 4. The van der Waals surface area contributed by atoms with Gasteiger partial charge in [0.25, 0.3) is 0 Å². The van der Waals surface area contributed by atoms with Gasteiger partial charge in [0.05, 0.1) is 11.1 Å². The van der Waals surface area contributed by atoms with Crippen molar-refractivity contribution in [2.75, 3.05) is 0 Å². The van der Waals surface area contributed by atoms with Gasteiger partial charge in [0.15, 0.2) is 5.65 Å². The molecule has 6 heteroatoms. The first-order valence-electron chi connectivity index (χ1n) is 6.31. The maximum atomic E-state index is 13.1. The lowest BCUT2D eigenvalue weighted by Gasteiger charge is -2.11. The van der Waals surface area contributed by atoms with Gasteiger partial charge in [0.1, 0.15) is 17.2 Å². The van der Waals surface area contributed by atoms with Crippen molar-refractivity contribution in [3.8, 4) is 5.69 Å². The van der Waals surface area contributed by atoms with Gasteiger partial charge in [-0.05, 0) is 38.1 Å². The van der Waals surface area contributed by atoms with Crippen molar-refractivity contribution in [1.29, 1.82) is 0 Å². The summed E-state index contributed by atoms with van der Waals surface area (Å²) in [5.74, 6) is 0.455. The molecule has 0 fully saturated rings. The minimum Gasteiger partial charge on any atom is -0.280 e. The van der Waals surface area contributed by atoms with E-state index in [1.54, 1.807) is 16.8 Å². The molecule has 104 valence electrons. The standard InChI is InChI=1S/C14H14ClFN4/c1-8(15)13-17-12-9(2)18-19(3)14(12)20(13)11-6-4-10(16)5-7-11/h4-8H,1-3H3. The van der Waals surface area contributed by atoms with E-state index in [9.17, 15) is 4.39 Å². The summed E-state index contributed by atoms with van der Waals surface area (Å²) < 4.78 is 16.8. The van der Waals surface area contributed by atoms with Crippen molar-refractivity contribution in [2.24, 2.45) is 7.05 Å². The number of imidazole rings is 1. The molecule has 20 heavy (non-hydrogen) atoms. The van der Waals surface area contributed by atoms with Crippen LogP contribution in [0.25, 0.3) is 16.9 Å². The Morgan fingerprint density at radius 1 is 1.25 bits per heavy atom. The highest BCUT2D eigenvalue weighted by Crippen LogP contribution is 2.29. The summed E-state index contributed by atoms with van der Waals surface area (Å²) in [5.41, 5.74) is 3.34. The normalized spacial score (nSPS) is 13.1. The summed E-state index contributed by atoms with van der Waals surface area (Å²) >= 11 is 6.24. The highest BCUT2D eigenvalue weighted by atomic mass is 35.5. The molecule has 1 aromatic carbocycles. The number of alkyl halides is 1. The second kappa shape index (κ2) is 4.59. The fraction of sp³-hybridized carbons (Fsp3) is 0.286. The number of halogens is 2. The van der Waals surface area contributed by atoms with Gasteiger partial charge in [-0.25, -0.2) is 14.1 Å². The maximum absolute atomic E-state index is 13.1. The predicted octanol–water partition coefficient (Wildman–Crippen LogP) is 3.51. The Morgan fingerprint density at radius 3 is 2.50 bits per heavy atom. The van der Waals surface area contributed by atoms with Gasteiger partial charge in [-0.15, -0.1) is 11.6 Å². The highest BCUT2D eigenvalue weighted by molar-refractivity contribution is 6.20. The molecular formula is C14H14ClFN4. The van der Waals surface area contributed by atoms with Crippen LogP contribution in [0.3, 0.4) is 0 Å². The molecule has 0 radical (unpaired) electrons. The number of hydrogen-bond donors (Lipinski definition) is 0. The van der Waals surface area contributed by atoms with Crippen LogP contribution < -0.4 is 0 Å². The third-order valence-corrected chi connectivity index (χ3v) is 3.46. The molecule has 3 rings (SSSR count). The van der Waals surface area contributed by atoms with Gasteiger partial charge >= 0.3 is 0 Å². The van der Waals surface area contributed by atoms with E-state index in [4.69, 9.17) is 11.6 Å². The van der Waals surface area contributed by atoms with Crippen LogP contribution in [-0.2, 0) is 7.05 Å². The summed E-state index contributed by atoms with van der Waals surface area (Å²) in [7, 11) is 1.86. The zero-order chi connectivity index (χ0) is 14.4. The number of hydrogen-bond acceptors (Lipinski definition) is 2. The van der Waals surface area contributed by atoms with Crippen LogP contribution in [0.4, 0.5) is 4.39 Å². The zero-order valence-corrected chi connectivity index (χ0v) is 12.2. The Bertz CT molecular complexity index is 771. The number of fused-ring (bicyclic) bond motifs is 1. The van der Waals surface area contributed by atoms with Gasteiger partial charge in [-0.2, -0.15) is 5.10 Å². The molecule has 0 bridgehead atoms. The van der Waals surface area contributed by atoms with E-state index in [0.717, 1.165) is 28.4 Å². The average Bonchev–Trinajstić information content (AvgIpc) is 2.90. The average molecular weight is 293 g/mol. The van der Waals surface area contributed by atoms with Gasteiger partial charge < -0.3 is 0 Å². The second-order valence-electron chi connectivity index (χ2n) is 4.78. The Labute approximate surface area is 120 Å². The maximum Gasteiger partial charge on any atom is 0.163 e. The van der Waals surface area contributed by atoms with E-state index >= 15 is 0 Å². The first kappa shape index (κ1) is 13.1. The van der Waals surface area contributed by atoms with Gasteiger partial charge in [-0.3, -0.25) is 4.57 Å². The molecule has 3 aromatic rings. The molecular weight excluding hydrogens is 279 g/mol. The summed E-state index contributed by atoms with van der Waals surface area (Å²) in [4.78, 5) is 4.59. The Kier molecular flexibility index (Phi) is 3.01. The van der Waals surface area contributed by atoms with Crippen molar-refractivity contribution in [3.05, 3.63) is 41.6 Å². The van der Waals surface area contributed by atoms with Gasteiger partial charge in [0, 0.05) is 12.7 Å². The zero-order valence-electron chi connectivity index (χ0n) is 11.4. The quantitative estimate of drug-likeness (QED) is 0.678. The monoisotopic (exact) mass is 292 g/mol. The van der Waals surface area contributed by atoms with Crippen LogP contribution in [0.2, 0.25) is 0 Å². The van der Waals surface area contributed by atoms with Crippen LogP contribution in [0.15, 0.2) is 24.3 Å². The highest BCUT2D eigenvalue weighted by Gasteiger charge is 2.21. The third-order valence-electron chi connectivity index (χ3n) is 3.27. The minimum absolute atomic E-state index is 0.258. The molecule has 1 atom stereocenters. The smallest absolute Gasteiger partial charge is 0.163 e. The number of nitrogens with zero attached hydrogens (tertiary/aromatic N) is 4. The van der Waals surface area contributed by atoms with Crippen molar-refractivity contribution in [3.63, 3.8) is 0 Å². The van der Waals surface area contributed by atoms with E-state index < -0.39 is 0 Å². The van der Waals surface area contributed by atoms with Gasteiger partial charge in [-0.1, -0.05) is 0 Å². The van der Waals surface area contributed by atoms with E-state index in [0.29, 0.717) is 0 Å². The lowest BCUT2D eigenvalue weighted by Crippen LogP contribution is -2.06. The van der Waals surface area contributed by atoms with Crippen LogP contribution >= 0.6 is 11.6 Å². The molecule has 0 saturated heterocycles. The summed E-state index contributed by atoms with van der Waals surface area (Å²) in [5, 5.41) is 4.11. The van der Waals surface area contributed by atoms with Gasteiger partial charge in [0.2, 0.25) is 0 Å². The van der Waals surface area contributed by atoms with E-state index in [-0.39, 0.29) is 11.2 Å². The second-order valence-corrected chi connectivity index (χ2v) is 5.43. The fourth-order valence-corrected chi connectivity index (χ4v) is 2.55. The lowest BCUT2D eigenvalue weighted by molar-refractivity contribution is 0.627. The summed E-state index contributed by atoms with van der Waals surface area (Å²) in [6.45, 7) is 3.78. The molecule has 0 aliphatic rings. The Hall–Kier alpha value is -1.88. The number of benzene rings is 1. The molecule has 2 heterocycles. The Morgan fingerprint density at radius 2 is 1.90 bits per heavy atom. The first-order valence-corrected chi connectivity index (χ1v) is 6.74. The van der Waals surface area contributed by atoms with Crippen LogP contribution in [0.5, 0.6) is 0 Å². The van der Waals surface area contributed by atoms with Crippen molar-refractivity contribution < 1.29 is 4.39 Å². The molecule has 0 aliphatic carbocycles. The number of rotatable bonds is 2. The third kappa shape index (κ3) is 1.89. The molecule has 2 aromatic heterocycles. The van der Waals surface area contributed by atoms with E-state index in [2.05, 4.69) is 10.1 Å². The lowest BCUT2D eigenvalue weighted by atomic mass is 10.3. The van der Waals surface area contributed by atoms with Crippen LogP contribution in [0, 0.1) is 12.7 Å². The topological polar surface area (TPSA) is 35.6 Å².